The first-order valence-corrected chi connectivity index (χ1v) is 17.5. The van der Waals surface area contributed by atoms with Gasteiger partial charge in [0, 0.05) is 31.1 Å². The van der Waals surface area contributed by atoms with Crippen molar-refractivity contribution in [2.75, 3.05) is 19.6 Å². The van der Waals surface area contributed by atoms with Gasteiger partial charge in [0.15, 0.2) is 6.29 Å². The molecule has 2 aliphatic rings. The molecule has 2 saturated heterocycles. The highest BCUT2D eigenvalue weighted by Gasteiger charge is 2.39. The van der Waals surface area contributed by atoms with E-state index in [1.54, 1.807) is 0 Å². The lowest BCUT2D eigenvalue weighted by atomic mass is 9.89. The minimum absolute atomic E-state index is 0.0187. The largest absolute Gasteiger partial charge is 0.392 e. The Balaban J connectivity index is 1.16. The van der Waals surface area contributed by atoms with Gasteiger partial charge in [-0.15, -0.1) is 0 Å². The van der Waals surface area contributed by atoms with Crippen molar-refractivity contribution in [2.45, 2.75) is 77.2 Å². The molecular weight excluding hydrogens is 598 g/mol. The highest BCUT2D eigenvalue weighted by Crippen LogP contribution is 2.42. The molecule has 2 fully saturated rings. The number of amides is 2. The Morgan fingerprint density at radius 3 is 2.10 bits per heavy atom. The second kappa shape index (κ2) is 16.9. The van der Waals surface area contributed by atoms with Crippen LogP contribution in [-0.2, 0) is 29.2 Å². The summed E-state index contributed by atoms with van der Waals surface area (Å²) in [7, 11) is 0. The first-order valence-electron chi connectivity index (χ1n) is 17.5. The Labute approximate surface area is 285 Å². The number of nitrogens with one attached hydrogen (secondary N) is 2. The zero-order valence-electron chi connectivity index (χ0n) is 28.0. The van der Waals surface area contributed by atoms with E-state index in [-0.39, 0.29) is 30.8 Å². The van der Waals surface area contributed by atoms with Crippen LogP contribution < -0.4 is 10.6 Å². The lowest BCUT2D eigenvalue weighted by Gasteiger charge is -2.43. The number of aliphatic hydroxyl groups excluding tert-OH is 1. The van der Waals surface area contributed by atoms with Gasteiger partial charge in [0.25, 0.3) is 0 Å². The number of benzene rings is 4. The highest BCUT2D eigenvalue weighted by molar-refractivity contribution is 5.75. The van der Waals surface area contributed by atoms with Crippen molar-refractivity contribution in [3.05, 3.63) is 131 Å². The number of hydrogen-bond acceptors (Lipinski definition) is 5. The van der Waals surface area contributed by atoms with Crippen LogP contribution in [0.4, 0.5) is 4.79 Å². The summed E-state index contributed by atoms with van der Waals surface area (Å²) in [5, 5.41) is 15.6. The monoisotopic (exact) mass is 647 g/mol. The molecule has 4 atom stereocenters. The van der Waals surface area contributed by atoms with E-state index in [4.69, 9.17) is 9.47 Å². The second-order valence-electron chi connectivity index (χ2n) is 13.2. The molecule has 4 aromatic carbocycles. The van der Waals surface area contributed by atoms with E-state index in [1.807, 2.05) is 54.6 Å². The van der Waals surface area contributed by atoms with Crippen LogP contribution >= 0.6 is 0 Å². The predicted octanol–water partition coefficient (Wildman–Crippen LogP) is 7.90. The minimum atomic E-state index is -0.497. The van der Waals surface area contributed by atoms with Crippen molar-refractivity contribution in [2.24, 2.45) is 5.92 Å². The molecule has 6 rings (SSSR count). The second-order valence-corrected chi connectivity index (χ2v) is 13.2. The SMILES string of the molecule is C[C@H]1[C@@H](CN2CCCCCCC2)O[C@@H](c2ccc(-c3ccccc3CNC(=O)NCc3ccccc3)cc2)O[C@H]1c1ccc(CO)cc1. The highest BCUT2D eigenvalue weighted by atomic mass is 16.7. The number of urea groups is 1. The third-order valence-electron chi connectivity index (χ3n) is 9.76. The van der Waals surface area contributed by atoms with Crippen LogP contribution in [0.2, 0.25) is 0 Å². The van der Waals surface area contributed by atoms with Crippen LogP contribution in [0, 0.1) is 5.92 Å². The number of carbonyl (C=O) groups is 1. The smallest absolute Gasteiger partial charge is 0.315 e. The van der Waals surface area contributed by atoms with Gasteiger partial charge in [-0.3, -0.25) is 0 Å². The summed E-state index contributed by atoms with van der Waals surface area (Å²) in [6.07, 6.45) is 5.82. The van der Waals surface area contributed by atoms with Gasteiger partial charge in [-0.2, -0.15) is 0 Å². The summed E-state index contributed by atoms with van der Waals surface area (Å²) in [6.45, 7) is 6.29. The molecule has 2 aliphatic heterocycles. The summed E-state index contributed by atoms with van der Waals surface area (Å²) in [4.78, 5) is 15.1. The van der Waals surface area contributed by atoms with Gasteiger partial charge >= 0.3 is 6.03 Å². The number of aliphatic hydroxyl groups is 1. The summed E-state index contributed by atoms with van der Waals surface area (Å²) < 4.78 is 13.5. The van der Waals surface area contributed by atoms with Crippen LogP contribution in [0.15, 0.2) is 103 Å². The summed E-state index contributed by atoms with van der Waals surface area (Å²) >= 11 is 0. The molecule has 0 saturated carbocycles. The van der Waals surface area contributed by atoms with Gasteiger partial charge in [-0.25, -0.2) is 4.79 Å². The molecule has 0 aromatic heterocycles. The van der Waals surface area contributed by atoms with Gasteiger partial charge in [0.2, 0.25) is 0 Å². The Bertz CT molecular complexity index is 1570. The van der Waals surface area contributed by atoms with Crippen LogP contribution in [0.25, 0.3) is 11.1 Å². The average molecular weight is 648 g/mol. The average Bonchev–Trinajstić information content (AvgIpc) is 3.12. The fourth-order valence-electron chi connectivity index (χ4n) is 6.87. The van der Waals surface area contributed by atoms with Crippen molar-refractivity contribution in [1.29, 1.82) is 0 Å². The topological polar surface area (TPSA) is 83.1 Å². The zero-order valence-corrected chi connectivity index (χ0v) is 28.0. The van der Waals surface area contributed by atoms with Gasteiger partial charge in [-0.1, -0.05) is 129 Å². The van der Waals surface area contributed by atoms with E-state index in [2.05, 4.69) is 71.0 Å². The molecule has 252 valence electrons. The molecule has 2 amide bonds. The summed E-state index contributed by atoms with van der Waals surface area (Å²) in [5.74, 6) is 0.162. The molecule has 0 radical (unpaired) electrons. The first kappa shape index (κ1) is 33.9. The third-order valence-corrected chi connectivity index (χ3v) is 9.76. The minimum Gasteiger partial charge on any atom is -0.392 e. The standard InChI is InChI=1S/C41H49N3O4/c1-30-38(28-44-24-10-3-2-4-11-25-44)47-40(48-39(30)34-18-16-32(29-45)17-19-34)35-22-20-33(21-23-35)37-15-9-8-14-36(37)27-43-41(46)42-26-31-12-6-5-7-13-31/h5-9,12-23,30,38-40,45H,2-4,10-11,24-29H2,1H3,(H2,42,43,46)/t30-,38+,39+,40+/m0/s1. The fraction of sp³-hybridized carbons (Fsp3) is 0.390. The molecular formula is C41H49N3O4. The van der Waals surface area contributed by atoms with E-state index in [0.717, 1.165) is 58.6 Å². The molecule has 48 heavy (non-hydrogen) atoms. The van der Waals surface area contributed by atoms with Crippen LogP contribution in [0.5, 0.6) is 0 Å². The molecule has 0 bridgehead atoms. The number of ether oxygens (including phenoxy) is 2. The molecule has 2 heterocycles. The third kappa shape index (κ3) is 8.91. The zero-order chi connectivity index (χ0) is 33.1. The van der Waals surface area contributed by atoms with Crippen molar-refractivity contribution in [3.63, 3.8) is 0 Å². The van der Waals surface area contributed by atoms with Crippen molar-refractivity contribution in [3.8, 4) is 11.1 Å². The number of likely N-dealkylation sites (tertiary alicyclic amines) is 1. The van der Waals surface area contributed by atoms with Crippen molar-refractivity contribution < 1.29 is 19.4 Å². The first-order chi connectivity index (χ1) is 23.6. The quantitative estimate of drug-likeness (QED) is 0.163. The summed E-state index contributed by atoms with van der Waals surface area (Å²) in [6, 6.07) is 34.4. The maximum Gasteiger partial charge on any atom is 0.315 e. The lowest BCUT2D eigenvalue weighted by molar-refractivity contribution is -0.276. The Morgan fingerprint density at radius 2 is 1.38 bits per heavy atom. The fourth-order valence-corrected chi connectivity index (χ4v) is 6.87. The number of nitrogens with zero attached hydrogens (tertiary/aromatic N) is 1. The van der Waals surface area contributed by atoms with E-state index >= 15 is 0 Å². The maximum absolute atomic E-state index is 12.6. The Hall–Kier alpha value is -4.01. The summed E-state index contributed by atoms with van der Waals surface area (Å²) in [5.41, 5.74) is 7.22. The molecule has 0 spiro atoms. The molecule has 7 heteroatoms. The Kier molecular flexibility index (Phi) is 11.9. The number of hydrogen-bond donors (Lipinski definition) is 3. The van der Waals surface area contributed by atoms with E-state index in [0.29, 0.717) is 13.1 Å². The molecule has 3 N–H and O–H groups in total. The predicted molar refractivity (Wildman–Crippen MR) is 190 cm³/mol. The lowest BCUT2D eigenvalue weighted by Crippen LogP contribution is -2.45. The molecule has 0 unspecified atom stereocenters. The van der Waals surface area contributed by atoms with Crippen LogP contribution in [0.1, 0.15) is 79.2 Å². The van der Waals surface area contributed by atoms with E-state index in [1.165, 1.54) is 32.1 Å². The Morgan fingerprint density at radius 1 is 0.729 bits per heavy atom. The number of carbonyl (C=O) groups excluding carboxylic acids is 1. The van der Waals surface area contributed by atoms with Gasteiger partial charge in [-0.05, 0) is 59.3 Å². The molecule has 0 aliphatic carbocycles. The van der Waals surface area contributed by atoms with Gasteiger partial charge < -0.3 is 30.1 Å². The van der Waals surface area contributed by atoms with Crippen LogP contribution in [0.3, 0.4) is 0 Å². The van der Waals surface area contributed by atoms with Gasteiger partial charge in [0.1, 0.15) is 0 Å². The van der Waals surface area contributed by atoms with Crippen molar-refractivity contribution in [1.82, 2.24) is 15.5 Å². The molecule has 4 aromatic rings. The maximum atomic E-state index is 12.6. The van der Waals surface area contributed by atoms with E-state index in [9.17, 15) is 9.90 Å². The molecule has 7 nitrogen and oxygen atoms in total. The van der Waals surface area contributed by atoms with Gasteiger partial charge in [0.05, 0.1) is 18.8 Å². The van der Waals surface area contributed by atoms with E-state index < -0.39 is 6.29 Å². The van der Waals surface area contributed by atoms with Crippen molar-refractivity contribution >= 4 is 6.03 Å². The number of rotatable bonds is 10. The normalized spacial score (nSPS) is 22.0. The van der Waals surface area contributed by atoms with Crippen LogP contribution in [-0.4, -0.2) is 41.8 Å².